The third-order valence-electron chi connectivity index (χ3n) is 4.39. The van der Waals surface area contributed by atoms with Crippen LogP contribution < -0.4 is 11.3 Å². The topological polar surface area (TPSA) is 105 Å². The van der Waals surface area contributed by atoms with E-state index < -0.39 is 0 Å². The zero-order chi connectivity index (χ0) is 19.0. The van der Waals surface area contributed by atoms with Crippen LogP contribution in [-0.2, 0) is 6.54 Å². The van der Waals surface area contributed by atoms with Crippen LogP contribution >= 0.6 is 22.6 Å². The summed E-state index contributed by atoms with van der Waals surface area (Å²) in [6.07, 6.45) is 3.11. The Labute approximate surface area is 168 Å². The summed E-state index contributed by atoms with van der Waals surface area (Å²) in [7, 11) is 0. The van der Waals surface area contributed by atoms with Crippen LogP contribution in [0.25, 0.3) is 11.0 Å². The predicted molar refractivity (Wildman–Crippen MR) is 110 cm³/mol. The number of benzene rings is 1. The molecule has 0 amide bonds. The summed E-state index contributed by atoms with van der Waals surface area (Å²) in [5.74, 6) is 0.388. The number of aromatic nitrogens is 6. The molecule has 3 aromatic heterocycles. The molecule has 0 saturated heterocycles. The first-order chi connectivity index (χ1) is 13.0. The standard InChI is InChI=1S/C18H16IN7O/c1-11(26-18-15(16(19)24-26)17(20)21-10-22-18)13-7-14(27)25(23-8-13)9-12-5-3-2-4-6-12/h2-8,10-11H,9H2,1H3,(H2,20,21,22). The van der Waals surface area contributed by atoms with Crippen LogP contribution in [-0.4, -0.2) is 29.5 Å². The highest BCUT2D eigenvalue weighted by molar-refractivity contribution is 14.1. The molecule has 0 aliphatic heterocycles. The van der Waals surface area contributed by atoms with Crippen molar-refractivity contribution in [3.05, 3.63) is 74.1 Å². The van der Waals surface area contributed by atoms with E-state index in [2.05, 4.69) is 42.8 Å². The SMILES string of the molecule is CC(c1cnn(Cc2ccccc2)c(=O)c1)n1nc(I)c2c(N)ncnc21. The first kappa shape index (κ1) is 17.6. The Morgan fingerprint density at radius 3 is 2.74 bits per heavy atom. The highest BCUT2D eigenvalue weighted by atomic mass is 127. The molecule has 0 saturated carbocycles. The Morgan fingerprint density at radius 1 is 1.22 bits per heavy atom. The van der Waals surface area contributed by atoms with Gasteiger partial charge in [0.05, 0.1) is 24.2 Å². The normalized spacial score (nSPS) is 12.4. The Morgan fingerprint density at radius 2 is 2.00 bits per heavy atom. The zero-order valence-corrected chi connectivity index (χ0v) is 16.6. The van der Waals surface area contributed by atoms with Crippen LogP contribution in [0, 0.1) is 3.70 Å². The van der Waals surface area contributed by atoms with Crippen molar-refractivity contribution in [3.63, 3.8) is 0 Å². The summed E-state index contributed by atoms with van der Waals surface area (Å²) in [6.45, 7) is 2.37. The number of nitrogens with zero attached hydrogens (tertiary/aromatic N) is 6. The van der Waals surface area contributed by atoms with Gasteiger partial charge in [-0.2, -0.15) is 10.2 Å². The van der Waals surface area contributed by atoms with Crippen molar-refractivity contribution >= 4 is 39.4 Å². The van der Waals surface area contributed by atoms with Crippen LogP contribution in [0.4, 0.5) is 5.82 Å². The van der Waals surface area contributed by atoms with Gasteiger partial charge in [-0.05, 0) is 35.1 Å². The molecule has 136 valence electrons. The summed E-state index contributed by atoms with van der Waals surface area (Å²) in [4.78, 5) is 20.9. The molecule has 0 radical (unpaired) electrons. The molecule has 0 fully saturated rings. The summed E-state index contributed by atoms with van der Waals surface area (Å²) in [5.41, 5.74) is 8.19. The number of nitrogens with two attached hydrogens (primary N) is 1. The van der Waals surface area contributed by atoms with Crippen molar-refractivity contribution in [2.75, 3.05) is 5.73 Å². The van der Waals surface area contributed by atoms with Crippen molar-refractivity contribution in [2.24, 2.45) is 0 Å². The van der Waals surface area contributed by atoms with Crippen LogP contribution in [0.15, 0.2) is 53.7 Å². The van der Waals surface area contributed by atoms with E-state index in [0.29, 0.717) is 18.0 Å². The van der Waals surface area contributed by atoms with Gasteiger partial charge in [0, 0.05) is 11.6 Å². The number of halogens is 1. The third kappa shape index (κ3) is 3.29. The van der Waals surface area contributed by atoms with Gasteiger partial charge in [-0.25, -0.2) is 19.3 Å². The monoisotopic (exact) mass is 473 g/mol. The van der Waals surface area contributed by atoms with Crippen LogP contribution in [0.3, 0.4) is 0 Å². The lowest BCUT2D eigenvalue weighted by molar-refractivity contribution is 0.558. The summed E-state index contributed by atoms with van der Waals surface area (Å²) >= 11 is 2.11. The first-order valence-electron chi connectivity index (χ1n) is 8.30. The molecule has 4 aromatic rings. The molecular formula is C18H16IN7O. The molecule has 3 heterocycles. The molecule has 27 heavy (non-hydrogen) atoms. The second kappa shape index (κ2) is 7.06. The lowest BCUT2D eigenvalue weighted by Gasteiger charge is -2.14. The number of rotatable bonds is 4. The molecule has 1 atom stereocenters. The minimum Gasteiger partial charge on any atom is -0.383 e. The van der Waals surface area contributed by atoms with E-state index in [1.165, 1.54) is 11.0 Å². The van der Waals surface area contributed by atoms with Gasteiger partial charge in [0.25, 0.3) is 5.56 Å². The molecule has 0 aliphatic carbocycles. The summed E-state index contributed by atoms with van der Waals surface area (Å²) in [6, 6.07) is 11.1. The molecule has 1 unspecified atom stereocenters. The van der Waals surface area contributed by atoms with E-state index in [9.17, 15) is 4.79 Å². The second-order valence-corrected chi connectivity index (χ2v) is 7.16. The smallest absolute Gasteiger partial charge is 0.267 e. The molecular weight excluding hydrogens is 457 g/mol. The Bertz CT molecular complexity index is 1170. The van der Waals surface area contributed by atoms with Crippen molar-refractivity contribution in [1.29, 1.82) is 0 Å². The van der Waals surface area contributed by atoms with Crippen molar-refractivity contribution in [2.45, 2.75) is 19.5 Å². The van der Waals surface area contributed by atoms with E-state index in [-0.39, 0.29) is 11.6 Å². The number of hydrogen-bond acceptors (Lipinski definition) is 6. The predicted octanol–water partition coefficient (Wildman–Crippen LogP) is 2.23. The van der Waals surface area contributed by atoms with Gasteiger partial charge in [0.1, 0.15) is 15.8 Å². The van der Waals surface area contributed by atoms with Gasteiger partial charge < -0.3 is 5.73 Å². The minimum absolute atomic E-state index is 0.163. The lowest BCUT2D eigenvalue weighted by Crippen LogP contribution is -2.24. The fourth-order valence-corrected chi connectivity index (χ4v) is 3.67. The quantitative estimate of drug-likeness (QED) is 0.456. The van der Waals surface area contributed by atoms with Gasteiger partial charge >= 0.3 is 0 Å². The molecule has 1 aromatic carbocycles. The van der Waals surface area contributed by atoms with E-state index in [1.54, 1.807) is 16.9 Å². The van der Waals surface area contributed by atoms with E-state index in [4.69, 9.17) is 5.73 Å². The van der Waals surface area contributed by atoms with E-state index in [1.807, 2.05) is 37.3 Å². The summed E-state index contributed by atoms with van der Waals surface area (Å²) in [5, 5.41) is 9.58. The van der Waals surface area contributed by atoms with Gasteiger partial charge in [0.15, 0.2) is 5.65 Å². The third-order valence-corrected chi connectivity index (χ3v) is 5.15. The number of anilines is 1. The fraction of sp³-hybridized carbons (Fsp3) is 0.167. The summed E-state index contributed by atoms with van der Waals surface area (Å²) < 4.78 is 3.90. The average Bonchev–Trinajstić information content (AvgIpc) is 3.01. The number of hydrogen-bond donors (Lipinski definition) is 1. The lowest BCUT2D eigenvalue weighted by atomic mass is 10.1. The zero-order valence-electron chi connectivity index (χ0n) is 14.5. The van der Waals surface area contributed by atoms with Crippen LogP contribution in [0.5, 0.6) is 0 Å². The largest absolute Gasteiger partial charge is 0.383 e. The maximum atomic E-state index is 12.5. The van der Waals surface area contributed by atoms with Gasteiger partial charge in [-0.3, -0.25) is 4.79 Å². The average molecular weight is 473 g/mol. The van der Waals surface area contributed by atoms with Crippen molar-refractivity contribution in [1.82, 2.24) is 29.5 Å². The molecule has 0 aliphatic rings. The Balaban J connectivity index is 1.69. The van der Waals surface area contributed by atoms with Crippen molar-refractivity contribution < 1.29 is 0 Å². The molecule has 0 spiro atoms. The molecule has 2 N–H and O–H groups in total. The highest BCUT2D eigenvalue weighted by Gasteiger charge is 2.19. The van der Waals surface area contributed by atoms with Gasteiger partial charge in [-0.15, -0.1) is 0 Å². The maximum absolute atomic E-state index is 12.5. The minimum atomic E-state index is -0.225. The number of fused-ring (bicyclic) bond motifs is 1. The Kier molecular flexibility index (Phi) is 4.60. The molecule has 0 bridgehead atoms. The molecule has 4 rings (SSSR count). The first-order valence-corrected chi connectivity index (χ1v) is 9.37. The second-order valence-electron chi connectivity index (χ2n) is 6.14. The van der Waals surface area contributed by atoms with E-state index in [0.717, 1.165) is 20.2 Å². The molecule has 9 heteroatoms. The van der Waals surface area contributed by atoms with Crippen LogP contribution in [0.2, 0.25) is 0 Å². The van der Waals surface area contributed by atoms with Gasteiger partial charge in [-0.1, -0.05) is 30.3 Å². The number of nitrogen functional groups attached to an aromatic ring is 1. The van der Waals surface area contributed by atoms with Gasteiger partial charge in [0.2, 0.25) is 0 Å². The highest BCUT2D eigenvalue weighted by Crippen LogP contribution is 2.27. The van der Waals surface area contributed by atoms with Crippen molar-refractivity contribution in [3.8, 4) is 0 Å². The molecule has 8 nitrogen and oxygen atoms in total. The van der Waals surface area contributed by atoms with Crippen LogP contribution in [0.1, 0.15) is 24.1 Å². The Hall–Kier alpha value is -2.82. The van der Waals surface area contributed by atoms with E-state index >= 15 is 0 Å². The fourth-order valence-electron chi connectivity index (χ4n) is 2.92. The maximum Gasteiger partial charge on any atom is 0.267 e.